The van der Waals surface area contributed by atoms with E-state index in [-0.39, 0.29) is 10.0 Å². The molecule has 0 fully saturated rings. The molecule has 0 saturated carbocycles. The summed E-state index contributed by atoms with van der Waals surface area (Å²) in [6, 6.07) is 11.6. The summed E-state index contributed by atoms with van der Waals surface area (Å²) >= 11 is 2.65. The number of anilines is 2. The van der Waals surface area contributed by atoms with Crippen molar-refractivity contribution in [2.24, 2.45) is 0 Å². The Morgan fingerprint density at radius 1 is 1.06 bits per heavy atom. The third kappa shape index (κ3) is 4.77. The highest BCUT2D eigenvalue weighted by molar-refractivity contribution is 7.93. The molecule has 4 aromatic rings. The Labute approximate surface area is 191 Å². The Morgan fingerprint density at radius 3 is 2.50 bits per heavy atom. The SMILES string of the molecule is CC(C(=O)Nc1ccc(S(=O)(=O)Nc2nccs2)cc1)n1nc(-c2cccs2)ccc1=O. The minimum atomic E-state index is -3.79. The summed E-state index contributed by atoms with van der Waals surface area (Å²) in [5.41, 5.74) is 0.585. The third-order valence-electron chi connectivity index (χ3n) is 4.43. The monoisotopic (exact) mass is 487 g/mol. The van der Waals surface area contributed by atoms with E-state index in [1.54, 1.807) is 18.4 Å². The zero-order valence-electron chi connectivity index (χ0n) is 16.6. The average Bonchev–Trinajstić information content (AvgIpc) is 3.48. The summed E-state index contributed by atoms with van der Waals surface area (Å²) in [6.07, 6.45) is 1.50. The van der Waals surface area contributed by atoms with Crippen molar-refractivity contribution in [3.8, 4) is 10.6 Å². The minimum Gasteiger partial charge on any atom is -0.324 e. The number of carbonyl (C=O) groups excluding carboxylic acids is 1. The normalized spacial score (nSPS) is 12.3. The highest BCUT2D eigenvalue weighted by Crippen LogP contribution is 2.22. The van der Waals surface area contributed by atoms with E-state index in [9.17, 15) is 18.0 Å². The van der Waals surface area contributed by atoms with Crippen LogP contribution in [0.15, 0.2) is 75.2 Å². The van der Waals surface area contributed by atoms with Crippen LogP contribution in [0.5, 0.6) is 0 Å². The van der Waals surface area contributed by atoms with E-state index in [0.717, 1.165) is 9.56 Å². The predicted molar refractivity (Wildman–Crippen MR) is 125 cm³/mol. The molecule has 0 spiro atoms. The summed E-state index contributed by atoms with van der Waals surface area (Å²) in [4.78, 5) is 29.8. The smallest absolute Gasteiger partial charge is 0.267 e. The molecule has 1 atom stereocenters. The molecular formula is C20H17N5O4S3. The van der Waals surface area contributed by atoms with E-state index in [1.165, 1.54) is 59.2 Å². The van der Waals surface area contributed by atoms with Gasteiger partial charge in [0.15, 0.2) is 5.13 Å². The van der Waals surface area contributed by atoms with Crippen LogP contribution in [-0.4, -0.2) is 29.1 Å². The van der Waals surface area contributed by atoms with Crippen LogP contribution in [0.4, 0.5) is 10.8 Å². The largest absolute Gasteiger partial charge is 0.324 e. The fourth-order valence-corrected chi connectivity index (χ4v) is 5.26. The maximum atomic E-state index is 12.7. The fourth-order valence-electron chi connectivity index (χ4n) is 2.78. The maximum Gasteiger partial charge on any atom is 0.267 e. The van der Waals surface area contributed by atoms with Gasteiger partial charge in [0.2, 0.25) is 5.91 Å². The van der Waals surface area contributed by atoms with Crippen LogP contribution >= 0.6 is 22.7 Å². The van der Waals surface area contributed by atoms with Gasteiger partial charge in [0.25, 0.3) is 15.6 Å². The van der Waals surface area contributed by atoms with Crippen molar-refractivity contribution in [3.63, 3.8) is 0 Å². The zero-order valence-corrected chi connectivity index (χ0v) is 19.1. The molecule has 164 valence electrons. The van der Waals surface area contributed by atoms with Crippen molar-refractivity contribution in [1.82, 2.24) is 14.8 Å². The number of nitrogens with zero attached hydrogens (tertiary/aromatic N) is 3. The van der Waals surface area contributed by atoms with Crippen LogP contribution in [0.2, 0.25) is 0 Å². The third-order valence-corrected chi connectivity index (χ3v) is 7.50. The number of hydrogen-bond donors (Lipinski definition) is 2. The molecule has 0 saturated heterocycles. The first-order valence-electron chi connectivity index (χ1n) is 9.30. The van der Waals surface area contributed by atoms with Crippen molar-refractivity contribution >= 4 is 49.4 Å². The fraction of sp³-hybridized carbons (Fsp3) is 0.100. The lowest BCUT2D eigenvalue weighted by molar-refractivity contribution is -0.119. The number of nitrogens with one attached hydrogen (secondary N) is 2. The zero-order chi connectivity index (χ0) is 22.7. The lowest BCUT2D eigenvalue weighted by Gasteiger charge is -2.15. The van der Waals surface area contributed by atoms with Crippen LogP contribution in [0.1, 0.15) is 13.0 Å². The number of carbonyl (C=O) groups is 1. The molecule has 9 nitrogen and oxygen atoms in total. The van der Waals surface area contributed by atoms with Crippen LogP contribution in [0.3, 0.4) is 0 Å². The van der Waals surface area contributed by atoms with E-state index in [4.69, 9.17) is 0 Å². The van der Waals surface area contributed by atoms with E-state index in [0.29, 0.717) is 11.4 Å². The molecule has 0 bridgehead atoms. The van der Waals surface area contributed by atoms with Gasteiger partial charge >= 0.3 is 0 Å². The summed E-state index contributed by atoms with van der Waals surface area (Å²) in [5.74, 6) is -0.459. The molecule has 3 heterocycles. The number of hydrogen-bond acceptors (Lipinski definition) is 8. The number of thiophene rings is 1. The Bertz CT molecular complexity index is 1380. The molecule has 0 aliphatic carbocycles. The van der Waals surface area contributed by atoms with Crippen molar-refractivity contribution in [3.05, 3.63) is 75.8 Å². The van der Waals surface area contributed by atoms with E-state index >= 15 is 0 Å². The van der Waals surface area contributed by atoms with Crippen molar-refractivity contribution in [2.45, 2.75) is 17.9 Å². The molecule has 0 radical (unpaired) electrons. The lowest BCUT2D eigenvalue weighted by Crippen LogP contribution is -2.33. The topological polar surface area (TPSA) is 123 Å². The Kier molecular flexibility index (Phi) is 6.17. The first-order valence-corrected chi connectivity index (χ1v) is 12.5. The molecule has 4 rings (SSSR count). The molecule has 0 aliphatic rings. The van der Waals surface area contributed by atoms with Gasteiger partial charge in [0.1, 0.15) is 11.7 Å². The molecule has 32 heavy (non-hydrogen) atoms. The predicted octanol–water partition coefficient (Wildman–Crippen LogP) is 3.43. The van der Waals surface area contributed by atoms with Gasteiger partial charge in [0, 0.05) is 23.3 Å². The lowest BCUT2D eigenvalue weighted by atomic mass is 10.2. The number of sulfonamides is 1. The van der Waals surface area contributed by atoms with Gasteiger partial charge in [-0.05, 0) is 48.7 Å². The Morgan fingerprint density at radius 2 is 1.84 bits per heavy atom. The van der Waals surface area contributed by atoms with Crippen molar-refractivity contribution < 1.29 is 13.2 Å². The maximum absolute atomic E-state index is 12.7. The van der Waals surface area contributed by atoms with Crippen molar-refractivity contribution in [1.29, 1.82) is 0 Å². The van der Waals surface area contributed by atoms with E-state index < -0.39 is 27.5 Å². The van der Waals surface area contributed by atoms with Gasteiger partial charge in [-0.25, -0.2) is 18.1 Å². The average molecular weight is 488 g/mol. The number of aromatic nitrogens is 3. The number of benzene rings is 1. The molecule has 0 aliphatic heterocycles. The van der Waals surface area contributed by atoms with E-state index in [1.807, 2.05) is 17.5 Å². The van der Waals surface area contributed by atoms with Crippen LogP contribution in [0, 0.1) is 0 Å². The van der Waals surface area contributed by atoms with Crippen LogP contribution in [-0.2, 0) is 14.8 Å². The number of rotatable bonds is 7. The quantitative estimate of drug-likeness (QED) is 0.412. The minimum absolute atomic E-state index is 0.0280. The molecule has 3 aromatic heterocycles. The molecular weight excluding hydrogens is 470 g/mol. The summed E-state index contributed by atoms with van der Waals surface area (Å²) in [7, 11) is -3.79. The van der Waals surface area contributed by atoms with Crippen molar-refractivity contribution in [2.75, 3.05) is 10.0 Å². The van der Waals surface area contributed by atoms with E-state index in [2.05, 4.69) is 20.1 Å². The molecule has 1 amide bonds. The van der Waals surface area contributed by atoms with Crippen LogP contribution in [0.25, 0.3) is 10.6 Å². The highest BCUT2D eigenvalue weighted by Gasteiger charge is 2.20. The van der Waals surface area contributed by atoms with Gasteiger partial charge in [-0.2, -0.15) is 5.10 Å². The van der Waals surface area contributed by atoms with Gasteiger partial charge < -0.3 is 5.32 Å². The second-order valence-electron chi connectivity index (χ2n) is 6.61. The van der Waals surface area contributed by atoms with Gasteiger partial charge in [0.05, 0.1) is 9.77 Å². The second kappa shape index (κ2) is 9.02. The summed E-state index contributed by atoms with van der Waals surface area (Å²) in [5, 5.41) is 10.8. The Hall–Kier alpha value is -3.35. The summed E-state index contributed by atoms with van der Waals surface area (Å²) < 4.78 is 28.3. The van der Waals surface area contributed by atoms with Gasteiger partial charge in [-0.3, -0.25) is 14.3 Å². The first kappa shape index (κ1) is 21.9. The summed E-state index contributed by atoms with van der Waals surface area (Å²) in [6.45, 7) is 1.57. The standard InChI is InChI=1S/C20H17N5O4S3/c1-13(25-18(26)9-8-16(23-25)17-3-2-11-30-17)19(27)22-14-4-6-15(7-5-14)32(28,29)24-20-21-10-12-31-20/h2-13H,1H3,(H,21,24)(H,22,27). The van der Waals surface area contributed by atoms with Gasteiger partial charge in [-0.15, -0.1) is 22.7 Å². The molecule has 1 unspecified atom stereocenters. The number of amides is 1. The molecule has 2 N–H and O–H groups in total. The first-order chi connectivity index (χ1) is 15.3. The van der Waals surface area contributed by atoms with Gasteiger partial charge in [-0.1, -0.05) is 6.07 Å². The highest BCUT2D eigenvalue weighted by atomic mass is 32.2. The van der Waals surface area contributed by atoms with Crippen LogP contribution < -0.4 is 15.6 Å². The Balaban J connectivity index is 1.48. The second-order valence-corrected chi connectivity index (χ2v) is 10.1. The molecule has 1 aromatic carbocycles. The molecule has 12 heteroatoms. The number of thiazole rings is 1.